The van der Waals surface area contributed by atoms with Crippen LogP contribution in [0.2, 0.25) is 10.0 Å². The molecule has 0 aliphatic carbocycles. The Morgan fingerprint density at radius 1 is 1.22 bits per heavy atom. The van der Waals surface area contributed by atoms with Crippen LogP contribution in [0.5, 0.6) is 0 Å². The van der Waals surface area contributed by atoms with E-state index in [1.54, 1.807) is 23.0 Å². The van der Waals surface area contributed by atoms with Crippen molar-refractivity contribution in [3.8, 4) is 0 Å². The number of aromatic nitrogens is 4. The highest BCUT2D eigenvalue weighted by Gasteiger charge is 2.21. The molecule has 6 nitrogen and oxygen atoms in total. The Hall–Kier alpha value is -2.31. The van der Waals surface area contributed by atoms with E-state index in [4.69, 9.17) is 23.2 Å². The van der Waals surface area contributed by atoms with Gasteiger partial charge in [0, 0.05) is 21.9 Å². The molecule has 0 bridgehead atoms. The predicted molar refractivity (Wildman–Crippen MR) is 108 cm³/mol. The third-order valence-corrected chi connectivity index (χ3v) is 5.17. The molecule has 0 aliphatic rings. The number of amides is 1. The second-order valence-corrected chi connectivity index (χ2v) is 7.37. The Balaban J connectivity index is 1.81. The van der Waals surface area contributed by atoms with Crippen LogP contribution in [-0.2, 0) is 11.3 Å². The van der Waals surface area contributed by atoms with Gasteiger partial charge in [-0.15, -0.1) is 0 Å². The summed E-state index contributed by atoms with van der Waals surface area (Å²) in [6, 6.07) is 6.83. The number of carbonyl (C=O) groups excluding carboxylic acids is 1. The summed E-state index contributed by atoms with van der Waals surface area (Å²) in [4.78, 5) is 12.7. The number of rotatable bonds is 5. The Labute approximate surface area is 168 Å². The van der Waals surface area contributed by atoms with Crippen molar-refractivity contribution in [2.24, 2.45) is 0 Å². The summed E-state index contributed by atoms with van der Waals surface area (Å²) < 4.78 is 3.52. The lowest BCUT2D eigenvalue weighted by molar-refractivity contribution is -0.119. The van der Waals surface area contributed by atoms with Gasteiger partial charge in [0.05, 0.1) is 23.6 Å². The minimum atomic E-state index is -0.423. The van der Waals surface area contributed by atoms with Gasteiger partial charge in [-0.05, 0) is 51.5 Å². The van der Waals surface area contributed by atoms with Crippen LogP contribution in [0, 0.1) is 20.8 Å². The van der Waals surface area contributed by atoms with Crippen molar-refractivity contribution in [1.29, 1.82) is 0 Å². The first-order valence-electron chi connectivity index (χ1n) is 8.57. The summed E-state index contributed by atoms with van der Waals surface area (Å²) in [6.45, 7) is 8.01. The molecule has 0 saturated carbocycles. The first-order chi connectivity index (χ1) is 12.8. The van der Waals surface area contributed by atoms with Crippen molar-refractivity contribution >= 4 is 34.8 Å². The first-order valence-corrected chi connectivity index (χ1v) is 9.32. The van der Waals surface area contributed by atoms with Crippen LogP contribution in [0.4, 0.5) is 5.69 Å². The third-order valence-electron chi connectivity index (χ3n) is 4.58. The largest absolute Gasteiger partial charge is 0.321 e. The minimum Gasteiger partial charge on any atom is -0.321 e. The molecule has 27 heavy (non-hydrogen) atoms. The zero-order valence-corrected chi connectivity index (χ0v) is 17.1. The van der Waals surface area contributed by atoms with Crippen molar-refractivity contribution in [3.05, 3.63) is 63.2 Å². The number of anilines is 1. The lowest BCUT2D eigenvalue weighted by Gasteiger charge is -2.15. The van der Waals surface area contributed by atoms with E-state index in [9.17, 15) is 4.79 Å². The Morgan fingerprint density at radius 3 is 2.59 bits per heavy atom. The molecule has 1 atom stereocenters. The number of carbonyl (C=O) groups is 1. The quantitative estimate of drug-likeness (QED) is 0.676. The van der Waals surface area contributed by atoms with Gasteiger partial charge >= 0.3 is 0 Å². The minimum absolute atomic E-state index is 0.142. The van der Waals surface area contributed by atoms with Gasteiger partial charge in [-0.3, -0.25) is 14.2 Å². The van der Waals surface area contributed by atoms with E-state index in [2.05, 4.69) is 15.5 Å². The molecule has 0 aliphatic heterocycles. The van der Waals surface area contributed by atoms with Gasteiger partial charge in [-0.25, -0.2) is 0 Å². The molecule has 1 aromatic carbocycles. The number of nitrogens with one attached hydrogen (secondary N) is 1. The molecular formula is C19H21Cl2N5O. The van der Waals surface area contributed by atoms with Gasteiger partial charge in [0.2, 0.25) is 5.91 Å². The van der Waals surface area contributed by atoms with Crippen molar-refractivity contribution in [1.82, 2.24) is 19.6 Å². The number of hydrogen-bond donors (Lipinski definition) is 1. The molecule has 3 rings (SSSR count). The Kier molecular flexibility index (Phi) is 5.58. The van der Waals surface area contributed by atoms with E-state index in [1.165, 1.54) is 0 Å². The van der Waals surface area contributed by atoms with Crippen molar-refractivity contribution in [2.45, 2.75) is 40.3 Å². The highest BCUT2D eigenvalue weighted by Crippen LogP contribution is 2.25. The smallest absolute Gasteiger partial charge is 0.249 e. The van der Waals surface area contributed by atoms with Crippen LogP contribution >= 0.6 is 23.2 Å². The molecule has 8 heteroatoms. The Morgan fingerprint density at radius 2 is 1.96 bits per heavy atom. The van der Waals surface area contributed by atoms with Crippen LogP contribution in [0.15, 0.2) is 30.5 Å². The molecule has 0 saturated heterocycles. The number of aryl methyl sites for hydroxylation is 2. The molecule has 0 spiro atoms. The average molecular weight is 406 g/mol. The highest BCUT2D eigenvalue weighted by atomic mass is 35.5. The zero-order valence-electron chi connectivity index (χ0n) is 15.6. The van der Waals surface area contributed by atoms with E-state index < -0.39 is 6.04 Å². The summed E-state index contributed by atoms with van der Waals surface area (Å²) in [7, 11) is 0. The summed E-state index contributed by atoms with van der Waals surface area (Å²) in [5.74, 6) is -0.142. The van der Waals surface area contributed by atoms with Gasteiger partial charge in [0.1, 0.15) is 6.04 Å². The number of halogens is 2. The Bertz CT molecular complexity index is 992. The maximum atomic E-state index is 12.7. The van der Waals surface area contributed by atoms with Gasteiger partial charge in [-0.1, -0.05) is 29.3 Å². The van der Waals surface area contributed by atoms with Gasteiger partial charge in [-0.2, -0.15) is 10.2 Å². The van der Waals surface area contributed by atoms with Crippen LogP contribution in [0.3, 0.4) is 0 Å². The van der Waals surface area contributed by atoms with Crippen molar-refractivity contribution in [3.63, 3.8) is 0 Å². The standard InChI is InChI=1S/C19H21Cl2N5O/c1-11-7-8-22-26(11)14(4)19(27)23-18-12(2)24-25(13(18)3)10-15-5-6-16(20)9-17(15)21/h5-9,14H,10H2,1-4H3,(H,23,27). The fourth-order valence-corrected chi connectivity index (χ4v) is 3.44. The molecule has 2 heterocycles. The van der Waals surface area contributed by atoms with Crippen molar-refractivity contribution in [2.75, 3.05) is 5.32 Å². The summed E-state index contributed by atoms with van der Waals surface area (Å²) in [5, 5.41) is 12.9. The normalized spacial score (nSPS) is 12.2. The maximum Gasteiger partial charge on any atom is 0.249 e. The predicted octanol–water partition coefficient (Wildman–Crippen LogP) is 4.56. The molecule has 0 fully saturated rings. The van der Waals surface area contributed by atoms with Crippen LogP contribution < -0.4 is 5.32 Å². The summed E-state index contributed by atoms with van der Waals surface area (Å²) in [5.41, 5.74) is 4.15. The lowest BCUT2D eigenvalue weighted by Crippen LogP contribution is -2.25. The molecule has 3 aromatic rings. The first kappa shape index (κ1) is 19.5. The van der Waals surface area contributed by atoms with E-state index in [0.29, 0.717) is 22.3 Å². The molecule has 1 unspecified atom stereocenters. The molecular weight excluding hydrogens is 385 g/mol. The molecule has 2 aromatic heterocycles. The molecule has 1 amide bonds. The van der Waals surface area contributed by atoms with Crippen LogP contribution in [0.25, 0.3) is 0 Å². The number of hydrogen-bond acceptors (Lipinski definition) is 3. The monoisotopic (exact) mass is 405 g/mol. The molecule has 1 N–H and O–H groups in total. The summed E-state index contributed by atoms with van der Waals surface area (Å²) >= 11 is 12.2. The van der Waals surface area contributed by atoms with Crippen LogP contribution in [0.1, 0.15) is 35.6 Å². The maximum absolute atomic E-state index is 12.7. The van der Waals surface area contributed by atoms with Crippen LogP contribution in [-0.4, -0.2) is 25.5 Å². The second kappa shape index (κ2) is 7.74. The fraction of sp³-hybridized carbons (Fsp3) is 0.316. The third kappa shape index (κ3) is 4.01. The van der Waals surface area contributed by atoms with Gasteiger partial charge in [0.15, 0.2) is 0 Å². The SMILES string of the molecule is Cc1nn(Cc2ccc(Cl)cc2Cl)c(C)c1NC(=O)C(C)n1nccc1C. The number of benzene rings is 1. The van der Waals surface area contributed by atoms with E-state index in [1.807, 2.05) is 44.5 Å². The zero-order chi connectivity index (χ0) is 19.7. The van der Waals surface area contributed by atoms with E-state index in [0.717, 1.165) is 22.6 Å². The second-order valence-electron chi connectivity index (χ2n) is 6.52. The fourth-order valence-electron chi connectivity index (χ4n) is 2.97. The number of nitrogens with zero attached hydrogens (tertiary/aromatic N) is 4. The van der Waals surface area contributed by atoms with E-state index >= 15 is 0 Å². The lowest BCUT2D eigenvalue weighted by atomic mass is 10.2. The summed E-state index contributed by atoms with van der Waals surface area (Å²) in [6.07, 6.45) is 1.68. The molecule has 142 valence electrons. The van der Waals surface area contributed by atoms with Crippen molar-refractivity contribution < 1.29 is 4.79 Å². The van der Waals surface area contributed by atoms with Gasteiger partial charge in [0.25, 0.3) is 0 Å². The highest BCUT2D eigenvalue weighted by molar-refractivity contribution is 6.35. The van der Waals surface area contributed by atoms with E-state index in [-0.39, 0.29) is 5.91 Å². The molecule has 0 radical (unpaired) electrons. The van der Waals surface area contributed by atoms with Gasteiger partial charge < -0.3 is 5.32 Å². The topological polar surface area (TPSA) is 64.7 Å². The average Bonchev–Trinajstić information content (AvgIpc) is 3.15.